The number of benzene rings is 2. The van der Waals surface area contributed by atoms with E-state index < -0.39 is 0 Å². The first-order valence-corrected chi connectivity index (χ1v) is 11.2. The van der Waals surface area contributed by atoms with Crippen LogP contribution in [0.25, 0.3) is 11.1 Å². The van der Waals surface area contributed by atoms with Crippen molar-refractivity contribution < 1.29 is 14.0 Å². The first kappa shape index (κ1) is 22.9. The van der Waals surface area contributed by atoms with Gasteiger partial charge in [0, 0.05) is 50.3 Å². The van der Waals surface area contributed by atoms with E-state index in [9.17, 15) is 4.39 Å². The molecule has 2 heterocycles. The molecule has 2 aromatic carbocycles. The molecule has 33 heavy (non-hydrogen) atoms. The van der Waals surface area contributed by atoms with E-state index in [1.165, 1.54) is 0 Å². The summed E-state index contributed by atoms with van der Waals surface area (Å²) >= 11 is 0. The van der Waals surface area contributed by atoms with Crippen LogP contribution in [0.2, 0.25) is 0 Å². The second-order valence-corrected chi connectivity index (χ2v) is 8.27. The monoisotopic (exact) mass is 451 g/mol. The Morgan fingerprint density at radius 2 is 1.91 bits per heavy atom. The van der Waals surface area contributed by atoms with Crippen LogP contribution < -0.4 is 5.73 Å². The number of aliphatic imine (C=N–C) groups is 1. The molecule has 0 aliphatic carbocycles. The maximum absolute atomic E-state index is 14.8. The molecule has 1 saturated heterocycles. The SMILES string of the molecule is CC(c1ccc(-c2ccccc2)c(F)c1)c1cc(C/N=C(\N)N2CCN(CCO)CC2)on1. The molecule has 1 fully saturated rings. The van der Waals surface area contributed by atoms with Crippen molar-refractivity contribution in [2.75, 3.05) is 39.3 Å². The maximum Gasteiger partial charge on any atom is 0.191 e. The van der Waals surface area contributed by atoms with Crippen molar-refractivity contribution in [3.63, 3.8) is 0 Å². The highest BCUT2D eigenvalue weighted by Gasteiger charge is 2.19. The average molecular weight is 452 g/mol. The Hall–Kier alpha value is -3.23. The zero-order chi connectivity index (χ0) is 23.2. The third-order valence-corrected chi connectivity index (χ3v) is 6.11. The van der Waals surface area contributed by atoms with Crippen molar-refractivity contribution in [1.29, 1.82) is 0 Å². The van der Waals surface area contributed by atoms with E-state index in [1.54, 1.807) is 6.07 Å². The Morgan fingerprint density at radius 1 is 1.15 bits per heavy atom. The van der Waals surface area contributed by atoms with E-state index in [-0.39, 0.29) is 18.3 Å². The van der Waals surface area contributed by atoms with Crippen molar-refractivity contribution >= 4 is 5.96 Å². The van der Waals surface area contributed by atoms with E-state index >= 15 is 0 Å². The molecule has 1 unspecified atom stereocenters. The fourth-order valence-corrected chi connectivity index (χ4v) is 4.03. The number of aliphatic hydroxyl groups excluding tert-OH is 1. The molecule has 7 nitrogen and oxygen atoms in total. The van der Waals surface area contributed by atoms with Gasteiger partial charge in [-0.05, 0) is 17.2 Å². The van der Waals surface area contributed by atoms with Crippen LogP contribution in [0.4, 0.5) is 4.39 Å². The predicted octanol–water partition coefficient (Wildman–Crippen LogP) is 3.06. The number of aromatic nitrogens is 1. The first-order chi connectivity index (χ1) is 16.0. The summed E-state index contributed by atoms with van der Waals surface area (Å²) in [7, 11) is 0. The summed E-state index contributed by atoms with van der Waals surface area (Å²) in [6.45, 7) is 6.37. The molecule has 0 bridgehead atoms. The molecule has 174 valence electrons. The minimum atomic E-state index is -0.259. The lowest BCUT2D eigenvalue weighted by atomic mass is 9.94. The summed E-state index contributed by atoms with van der Waals surface area (Å²) in [5.41, 5.74) is 9.14. The van der Waals surface area contributed by atoms with E-state index in [0.717, 1.165) is 43.0 Å². The van der Waals surface area contributed by atoms with E-state index in [0.29, 0.717) is 30.4 Å². The van der Waals surface area contributed by atoms with E-state index in [2.05, 4.69) is 15.0 Å². The zero-order valence-corrected chi connectivity index (χ0v) is 18.8. The Balaban J connectivity index is 1.38. The van der Waals surface area contributed by atoms with Crippen LogP contribution in [-0.4, -0.2) is 65.4 Å². The lowest BCUT2D eigenvalue weighted by molar-refractivity contribution is 0.146. The molecule has 1 atom stereocenters. The molecule has 4 rings (SSSR count). The molecule has 1 aliphatic rings. The van der Waals surface area contributed by atoms with Gasteiger partial charge in [0.1, 0.15) is 12.4 Å². The van der Waals surface area contributed by atoms with Gasteiger partial charge in [-0.1, -0.05) is 54.5 Å². The normalized spacial score (nSPS) is 16.2. The zero-order valence-electron chi connectivity index (χ0n) is 18.8. The summed E-state index contributed by atoms with van der Waals surface area (Å²) in [6.07, 6.45) is 0. The predicted molar refractivity (Wildman–Crippen MR) is 126 cm³/mol. The van der Waals surface area contributed by atoms with Gasteiger partial charge >= 0.3 is 0 Å². The van der Waals surface area contributed by atoms with Crippen LogP contribution in [0.15, 0.2) is 64.1 Å². The fourth-order valence-electron chi connectivity index (χ4n) is 4.03. The van der Waals surface area contributed by atoms with Crippen molar-refractivity contribution in [3.8, 4) is 11.1 Å². The van der Waals surface area contributed by atoms with Crippen LogP contribution in [0, 0.1) is 5.82 Å². The van der Waals surface area contributed by atoms with E-state index in [4.69, 9.17) is 15.4 Å². The number of β-amino-alcohol motifs (C(OH)–C–C–N with tert-alkyl or cyclic N) is 1. The molecule has 8 heteroatoms. The Labute approximate surface area is 193 Å². The van der Waals surface area contributed by atoms with Crippen LogP contribution in [0.3, 0.4) is 0 Å². The number of aliphatic hydroxyl groups is 1. The van der Waals surface area contributed by atoms with Crippen LogP contribution in [0.5, 0.6) is 0 Å². The molecule has 0 saturated carbocycles. The van der Waals surface area contributed by atoms with Crippen molar-refractivity contribution in [1.82, 2.24) is 15.0 Å². The highest BCUT2D eigenvalue weighted by Crippen LogP contribution is 2.29. The summed E-state index contributed by atoms with van der Waals surface area (Å²) in [6, 6.07) is 16.6. The van der Waals surface area contributed by atoms with E-state index in [1.807, 2.05) is 60.4 Å². The maximum atomic E-state index is 14.8. The first-order valence-electron chi connectivity index (χ1n) is 11.2. The lowest BCUT2D eigenvalue weighted by Gasteiger charge is -2.34. The minimum Gasteiger partial charge on any atom is -0.395 e. The highest BCUT2D eigenvalue weighted by molar-refractivity contribution is 5.78. The van der Waals surface area contributed by atoms with Gasteiger partial charge in [0.05, 0.1) is 12.3 Å². The standard InChI is InChI=1S/C25H30FN5O2/c1-18(20-7-8-22(23(26)15-20)19-5-3-2-4-6-19)24-16-21(33-29-24)17-28-25(27)31-11-9-30(10-12-31)13-14-32/h2-8,15-16,18,32H,9-14,17H2,1H3,(H2,27,28). The van der Waals surface area contributed by atoms with Gasteiger partial charge in [-0.15, -0.1) is 0 Å². The number of guanidine groups is 1. The molecular formula is C25H30FN5O2. The molecule has 3 aromatic rings. The topological polar surface area (TPSA) is 91.1 Å². The Morgan fingerprint density at radius 3 is 2.61 bits per heavy atom. The molecule has 3 N–H and O–H groups in total. The fraction of sp³-hybridized carbons (Fsp3) is 0.360. The number of nitrogens with zero attached hydrogens (tertiary/aromatic N) is 4. The van der Waals surface area contributed by atoms with Gasteiger partial charge in [-0.3, -0.25) is 4.90 Å². The molecule has 1 aliphatic heterocycles. The average Bonchev–Trinajstić information content (AvgIpc) is 3.32. The quantitative estimate of drug-likeness (QED) is 0.424. The molecular weight excluding hydrogens is 421 g/mol. The largest absolute Gasteiger partial charge is 0.395 e. The number of rotatable bonds is 7. The summed E-state index contributed by atoms with van der Waals surface area (Å²) < 4.78 is 20.2. The molecule has 1 aromatic heterocycles. The number of piperazine rings is 1. The van der Waals surface area contributed by atoms with Gasteiger partial charge in [0.2, 0.25) is 0 Å². The third kappa shape index (κ3) is 5.58. The molecule has 0 amide bonds. The van der Waals surface area contributed by atoms with Gasteiger partial charge in [0.25, 0.3) is 0 Å². The van der Waals surface area contributed by atoms with Gasteiger partial charge in [-0.25, -0.2) is 9.38 Å². The summed E-state index contributed by atoms with van der Waals surface area (Å²) in [4.78, 5) is 8.68. The van der Waals surface area contributed by atoms with Gasteiger partial charge in [0.15, 0.2) is 11.7 Å². The number of nitrogens with two attached hydrogens (primary N) is 1. The third-order valence-electron chi connectivity index (χ3n) is 6.11. The molecule has 0 radical (unpaired) electrons. The van der Waals surface area contributed by atoms with Crippen LogP contribution >= 0.6 is 0 Å². The second kappa shape index (κ2) is 10.6. The Bertz CT molecular complexity index is 1080. The second-order valence-electron chi connectivity index (χ2n) is 8.27. The van der Waals surface area contributed by atoms with Crippen LogP contribution in [-0.2, 0) is 6.54 Å². The summed E-state index contributed by atoms with van der Waals surface area (Å²) in [5, 5.41) is 13.2. The number of hydrogen-bond donors (Lipinski definition) is 2. The van der Waals surface area contributed by atoms with Gasteiger partial charge in [-0.2, -0.15) is 0 Å². The highest BCUT2D eigenvalue weighted by atomic mass is 19.1. The van der Waals surface area contributed by atoms with Crippen molar-refractivity contribution in [2.24, 2.45) is 10.7 Å². The van der Waals surface area contributed by atoms with Crippen LogP contribution in [0.1, 0.15) is 29.9 Å². The summed E-state index contributed by atoms with van der Waals surface area (Å²) in [5.74, 6) is 0.705. The van der Waals surface area contributed by atoms with Crippen molar-refractivity contribution in [2.45, 2.75) is 19.4 Å². The molecule has 0 spiro atoms. The minimum absolute atomic E-state index is 0.122. The van der Waals surface area contributed by atoms with Crippen molar-refractivity contribution in [3.05, 3.63) is 77.4 Å². The number of halogens is 1. The lowest BCUT2D eigenvalue weighted by Crippen LogP contribution is -2.51. The Kier molecular flexibility index (Phi) is 7.36. The number of hydrogen-bond acceptors (Lipinski definition) is 5. The smallest absolute Gasteiger partial charge is 0.191 e. The van der Waals surface area contributed by atoms with Gasteiger partial charge < -0.3 is 20.3 Å².